The van der Waals surface area contributed by atoms with Gasteiger partial charge in [-0.25, -0.2) is 9.97 Å². The number of nitrogens with zero attached hydrogens (tertiary/aromatic N) is 3. The van der Waals surface area contributed by atoms with Gasteiger partial charge in [0.15, 0.2) is 16.9 Å². The number of hydrogen-bond acceptors (Lipinski definition) is 4. The Kier molecular flexibility index (Phi) is 4.19. The molecule has 0 bridgehead atoms. The highest BCUT2D eigenvalue weighted by Crippen LogP contribution is 2.36. The molecule has 2 aromatic heterocycles. The number of aromatic nitrogens is 2. The fourth-order valence-corrected chi connectivity index (χ4v) is 3.84. The van der Waals surface area contributed by atoms with Crippen LogP contribution in [0.3, 0.4) is 0 Å². The summed E-state index contributed by atoms with van der Waals surface area (Å²) < 4.78 is 44.7. The number of rotatable bonds is 2. The first-order valence-corrected chi connectivity index (χ1v) is 9.62. The molecule has 2 aromatic carbocycles. The van der Waals surface area contributed by atoms with Crippen molar-refractivity contribution in [2.24, 2.45) is 0 Å². The van der Waals surface area contributed by atoms with Crippen LogP contribution >= 0.6 is 0 Å². The topological polar surface area (TPSA) is 42.2 Å². The Hall–Kier alpha value is -3.09. The van der Waals surface area contributed by atoms with E-state index in [2.05, 4.69) is 9.88 Å². The minimum Gasteiger partial charge on any atom is -0.435 e. The summed E-state index contributed by atoms with van der Waals surface area (Å²) in [5.74, 6) is 1.07. The van der Waals surface area contributed by atoms with Crippen molar-refractivity contribution in [3.05, 3.63) is 54.1 Å². The van der Waals surface area contributed by atoms with Crippen LogP contribution in [-0.4, -0.2) is 23.1 Å². The van der Waals surface area contributed by atoms with E-state index in [9.17, 15) is 13.2 Å². The monoisotopic (exact) mass is 397 g/mol. The molecule has 5 rings (SSSR count). The lowest BCUT2D eigenvalue weighted by Gasteiger charge is -2.27. The number of halogens is 3. The van der Waals surface area contributed by atoms with Crippen LogP contribution in [0.5, 0.6) is 0 Å². The van der Waals surface area contributed by atoms with Crippen LogP contribution in [0.25, 0.3) is 33.5 Å². The van der Waals surface area contributed by atoms with Crippen molar-refractivity contribution in [3.63, 3.8) is 0 Å². The highest BCUT2D eigenvalue weighted by Gasteiger charge is 2.30. The van der Waals surface area contributed by atoms with Gasteiger partial charge in [-0.05, 0) is 55.7 Å². The summed E-state index contributed by atoms with van der Waals surface area (Å²) in [4.78, 5) is 11.7. The molecular weight excluding hydrogens is 379 g/mol. The SMILES string of the molecule is FC(F)(F)c1ccc(-c2nc3c(N4CCCCC4)nc4ccccc4c3o2)cc1. The van der Waals surface area contributed by atoms with Crippen molar-refractivity contribution in [2.75, 3.05) is 18.0 Å². The van der Waals surface area contributed by atoms with Gasteiger partial charge in [-0.15, -0.1) is 0 Å². The van der Waals surface area contributed by atoms with E-state index < -0.39 is 11.7 Å². The summed E-state index contributed by atoms with van der Waals surface area (Å²) in [6.45, 7) is 1.81. The summed E-state index contributed by atoms with van der Waals surface area (Å²) in [6, 6.07) is 12.6. The van der Waals surface area contributed by atoms with Crippen LogP contribution in [0.15, 0.2) is 52.9 Å². The van der Waals surface area contributed by atoms with E-state index in [1.54, 1.807) is 0 Å². The number of anilines is 1. The second kappa shape index (κ2) is 6.76. The molecule has 148 valence electrons. The van der Waals surface area contributed by atoms with Crippen LogP contribution in [0.1, 0.15) is 24.8 Å². The molecule has 1 saturated heterocycles. The molecule has 0 aliphatic carbocycles. The van der Waals surface area contributed by atoms with Gasteiger partial charge in [0.2, 0.25) is 5.89 Å². The average molecular weight is 397 g/mol. The van der Waals surface area contributed by atoms with Crippen molar-refractivity contribution < 1.29 is 17.6 Å². The quantitative estimate of drug-likeness (QED) is 0.413. The smallest absolute Gasteiger partial charge is 0.416 e. The molecule has 0 amide bonds. The van der Waals surface area contributed by atoms with E-state index in [0.29, 0.717) is 22.6 Å². The molecule has 4 nitrogen and oxygen atoms in total. The van der Waals surface area contributed by atoms with Gasteiger partial charge in [0.05, 0.1) is 11.1 Å². The molecule has 0 atom stereocenters. The van der Waals surface area contributed by atoms with Crippen LogP contribution in [-0.2, 0) is 6.18 Å². The number of para-hydroxylation sites is 1. The number of oxazole rings is 1. The van der Waals surface area contributed by atoms with Gasteiger partial charge in [0.1, 0.15) is 0 Å². The van der Waals surface area contributed by atoms with Gasteiger partial charge < -0.3 is 9.32 Å². The zero-order valence-corrected chi connectivity index (χ0v) is 15.5. The second-order valence-corrected chi connectivity index (χ2v) is 7.27. The maximum absolute atomic E-state index is 12.9. The van der Waals surface area contributed by atoms with Gasteiger partial charge in [-0.1, -0.05) is 12.1 Å². The van der Waals surface area contributed by atoms with Gasteiger partial charge in [0.25, 0.3) is 0 Å². The lowest BCUT2D eigenvalue weighted by atomic mass is 10.1. The van der Waals surface area contributed by atoms with E-state index in [0.717, 1.165) is 54.8 Å². The van der Waals surface area contributed by atoms with E-state index in [1.165, 1.54) is 18.6 Å². The summed E-state index contributed by atoms with van der Waals surface area (Å²) in [7, 11) is 0. The minimum absolute atomic E-state index is 0.296. The van der Waals surface area contributed by atoms with Gasteiger partial charge in [0, 0.05) is 24.0 Å². The third-order valence-corrected chi connectivity index (χ3v) is 5.33. The standard InChI is InChI=1S/C22H18F3N3O/c23-22(24,25)15-10-8-14(9-11-15)21-27-18-19(29-21)16-6-2-3-7-17(16)26-20(18)28-12-4-1-5-13-28/h2-3,6-11H,1,4-5,12-13H2. The van der Waals surface area contributed by atoms with Crippen molar-refractivity contribution in [3.8, 4) is 11.5 Å². The van der Waals surface area contributed by atoms with Crippen LogP contribution < -0.4 is 4.90 Å². The highest BCUT2D eigenvalue weighted by molar-refractivity contribution is 6.06. The molecule has 0 saturated carbocycles. The van der Waals surface area contributed by atoms with Crippen LogP contribution in [0, 0.1) is 0 Å². The molecule has 29 heavy (non-hydrogen) atoms. The summed E-state index contributed by atoms with van der Waals surface area (Å²) in [6.07, 6.45) is -0.983. The molecule has 1 aliphatic heterocycles. The molecule has 1 fully saturated rings. The normalized spacial score (nSPS) is 15.3. The fourth-order valence-electron chi connectivity index (χ4n) is 3.84. The summed E-state index contributed by atoms with van der Waals surface area (Å²) in [5.41, 5.74) is 1.89. The number of fused-ring (bicyclic) bond motifs is 3. The summed E-state index contributed by atoms with van der Waals surface area (Å²) >= 11 is 0. The van der Waals surface area contributed by atoms with Crippen molar-refractivity contribution in [1.29, 1.82) is 0 Å². The lowest BCUT2D eigenvalue weighted by Crippen LogP contribution is -2.30. The van der Waals surface area contributed by atoms with Crippen molar-refractivity contribution in [2.45, 2.75) is 25.4 Å². The predicted molar refractivity (Wildman–Crippen MR) is 106 cm³/mol. The Morgan fingerprint density at radius 1 is 0.862 bits per heavy atom. The lowest BCUT2D eigenvalue weighted by molar-refractivity contribution is -0.137. The number of pyridine rings is 1. The van der Waals surface area contributed by atoms with Gasteiger partial charge >= 0.3 is 6.18 Å². The van der Waals surface area contributed by atoms with E-state index >= 15 is 0 Å². The molecule has 0 unspecified atom stereocenters. The number of benzene rings is 2. The third-order valence-electron chi connectivity index (χ3n) is 5.33. The van der Waals surface area contributed by atoms with Crippen LogP contribution in [0.2, 0.25) is 0 Å². The third kappa shape index (κ3) is 3.20. The average Bonchev–Trinajstić information content (AvgIpc) is 3.19. The number of hydrogen-bond donors (Lipinski definition) is 0. The molecule has 0 radical (unpaired) electrons. The number of alkyl halides is 3. The Morgan fingerprint density at radius 3 is 2.31 bits per heavy atom. The molecule has 1 aliphatic rings. The Morgan fingerprint density at radius 2 is 1.59 bits per heavy atom. The molecule has 3 heterocycles. The zero-order chi connectivity index (χ0) is 20.0. The van der Waals surface area contributed by atoms with Crippen molar-refractivity contribution in [1.82, 2.24) is 9.97 Å². The van der Waals surface area contributed by atoms with Gasteiger partial charge in [-0.2, -0.15) is 13.2 Å². The molecule has 7 heteroatoms. The first kappa shape index (κ1) is 18.0. The molecular formula is C22H18F3N3O. The first-order chi connectivity index (χ1) is 14.0. The molecule has 0 N–H and O–H groups in total. The summed E-state index contributed by atoms with van der Waals surface area (Å²) in [5, 5.41) is 0.842. The fraction of sp³-hybridized carbons (Fsp3) is 0.273. The van der Waals surface area contributed by atoms with E-state index in [-0.39, 0.29) is 0 Å². The van der Waals surface area contributed by atoms with Crippen LogP contribution in [0.4, 0.5) is 19.0 Å². The van der Waals surface area contributed by atoms with Crippen molar-refractivity contribution >= 4 is 27.8 Å². The zero-order valence-electron chi connectivity index (χ0n) is 15.5. The predicted octanol–water partition coefficient (Wildman–Crippen LogP) is 6.05. The molecule has 0 spiro atoms. The Bertz CT molecular complexity index is 1180. The van der Waals surface area contributed by atoms with Gasteiger partial charge in [-0.3, -0.25) is 0 Å². The Labute approximate surface area is 165 Å². The largest absolute Gasteiger partial charge is 0.435 e. The minimum atomic E-state index is -4.37. The number of piperidine rings is 1. The Balaban J connectivity index is 1.67. The first-order valence-electron chi connectivity index (χ1n) is 9.62. The maximum atomic E-state index is 12.9. The highest BCUT2D eigenvalue weighted by atomic mass is 19.4. The van der Waals surface area contributed by atoms with E-state index in [1.807, 2.05) is 24.3 Å². The van der Waals surface area contributed by atoms with E-state index in [4.69, 9.17) is 9.40 Å². The molecule has 4 aromatic rings. The maximum Gasteiger partial charge on any atom is 0.416 e. The second-order valence-electron chi connectivity index (χ2n) is 7.27.